The maximum atomic E-state index is 13.8. The molecular weight excluding hydrogens is 839 g/mol. The standard InChI is InChI=1S/C29H22N2O3.C18H15OP.Eu/c1-30-25-15-9-8-14-24(25)28(33)26(29(30)34)27(32)20-16-18-23(19-17-20)31(21-10-4-2-5-11-21)22-12-6-3-7-13-22;19-20(16-10-4-1-5-11-16,17-12-6-2-7-13-17)18-14-8-3-9-15-18;/h2-19,33H,1H3;1-15H;. The summed E-state index contributed by atoms with van der Waals surface area (Å²) in [6.45, 7) is 0. The molecule has 1 radical (unpaired) electrons. The Morgan fingerprint density at radius 3 is 1.33 bits per heavy atom. The first-order valence-electron chi connectivity index (χ1n) is 17.5. The minimum atomic E-state index is -2.78. The van der Waals surface area contributed by atoms with Gasteiger partial charge in [0.05, 0.1) is 5.52 Å². The second kappa shape index (κ2) is 18.0. The maximum Gasteiger partial charge on any atom is 0.265 e. The fourth-order valence-corrected chi connectivity index (χ4v) is 9.22. The number of hydrogen-bond acceptors (Lipinski definition) is 5. The van der Waals surface area contributed by atoms with Crippen molar-refractivity contribution in [3.63, 3.8) is 0 Å². The normalized spacial score (nSPS) is 10.8. The van der Waals surface area contributed by atoms with Crippen molar-refractivity contribution in [2.24, 2.45) is 7.05 Å². The molecule has 1 heterocycles. The number of fused-ring (bicyclic) bond motifs is 1. The van der Waals surface area contributed by atoms with Crippen LogP contribution in [0.3, 0.4) is 0 Å². The zero-order valence-electron chi connectivity index (χ0n) is 29.9. The Labute approximate surface area is 361 Å². The number of aryl methyl sites for hydroxylation is 1. The molecule has 1 aromatic heterocycles. The summed E-state index contributed by atoms with van der Waals surface area (Å²) >= 11 is 0. The molecule has 1 N–H and O–H groups in total. The van der Waals surface area contributed by atoms with Crippen molar-refractivity contribution in [3.8, 4) is 5.75 Å². The van der Waals surface area contributed by atoms with Crippen LogP contribution in [0.2, 0.25) is 0 Å². The predicted molar refractivity (Wildman–Crippen MR) is 221 cm³/mol. The van der Waals surface area contributed by atoms with Crippen LogP contribution in [0.25, 0.3) is 10.9 Å². The average Bonchev–Trinajstić information content (AvgIpc) is 3.25. The summed E-state index contributed by atoms with van der Waals surface area (Å²) in [5, 5.41) is 13.9. The Morgan fingerprint density at radius 2 is 0.891 bits per heavy atom. The Morgan fingerprint density at radius 1 is 0.527 bits per heavy atom. The zero-order valence-corrected chi connectivity index (χ0v) is 33.3. The zero-order chi connectivity index (χ0) is 37.5. The van der Waals surface area contributed by atoms with Gasteiger partial charge in [-0.2, -0.15) is 0 Å². The number of anilines is 3. The Balaban J connectivity index is 0.000000209. The second-order valence-corrected chi connectivity index (χ2v) is 15.4. The van der Waals surface area contributed by atoms with Gasteiger partial charge >= 0.3 is 0 Å². The number of benzene rings is 7. The summed E-state index contributed by atoms with van der Waals surface area (Å²) in [5.41, 5.74) is 2.97. The van der Waals surface area contributed by atoms with E-state index in [1.165, 1.54) is 4.57 Å². The fraction of sp³-hybridized carbons (Fsp3) is 0.0213. The minimum absolute atomic E-state index is 0. The van der Waals surface area contributed by atoms with Crippen LogP contribution in [0.1, 0.15) is 15.9 Å². The number of aromatic hydroxyl groups is 1. The van der Waals surface area contributed by atoms with Crippen LogP contribution in [0.5, 0.6) is 5.75 Å². The third-order valence-electron chi connectivity index (χ3n) is 9.28. The van der Waals surface area contributed by atoms with E-state index in [9.17, 15) is 19.3 Å². The molecule has 55 heavy (non-hydrogen) atoms. The van der Waals surface area contributed by atoms with Crippen LogP contribution in [-0.2, 0) is 11.6 Å². The van der Waals surface area contributed by atoms with E-state index < -0.39 is 18.5 Å². The van der Waals surface area contributed by atoms with Crippen LogP contribution in [0, 0.1) is 49.4 Å². The predicted octanol–water partition coefficient (Wildman–Crippen LogP) is 9.27. The summed E-state index contributed by atoms with van der Waals surface area (Å²) in [6.07, 6.45) is 0. The van der Waals surface area contributed by atoms with Crippen molar-refractivity contribution in [2.75, 3.05) is 4.90 Å². The maximum absolute atomic E-state index is 13.8. The fourth-order valence-electron chi connectivity index (χ4n) is 6.55. The van der Waals surface area contributed by atoms with Crippen molar-refractivity contribution >= 4 is 56.8 Å². The summed E-state index contributed by atoms with van der Waals surface area (Å²) in [6, 6.07) is 63.1. The molecule has 8 aromatic rings. The van der Waals surface area contributed by atoms with Gasteiger partial charge in [-0.25, -0.2) is 0 Å². The molecule has 0 bridgehead atoms. The average molecular weight is 877 g/mol. The van der Waals surface area contributed by atoms with Gasteiger partial charge < -0.3 is 19.1 Å². The summed E-state index contributed by atoms with van der Waals surface area (Å²) in [7, 11) is -1.18. The Kier molecular flexibility index (Phi) is 12.9. The van der Waals surface area contributed by atoms with Gasteiger partial charge in [0.25, 0.3) is 5.56 Å². The van der Waals surface area contributed by atoms with Crippen LogP contribution < -0.4 is 26.4 Å². The largest absolute Gasteiger partial charge is 0.506 e. The minimum Gasteiger partial charge on any atom is -0.506 e. The molecule has 0 fully saturated rings. The van der Waals surface area contributed by atoms with Gasteiger partial charge in [-0.05, 0) is 60.7 Å². The number of hydrogen-bond donors (Lipinski definition) is 1. The summed E-state index contributed by atoms with van der Waals surface area (Å²) < 4.78 is 15.2. The molecule has 0 saturated carbocycles. The summed E-state index contributed by atoms with van der Waals surface area (Å²) in [4.78, 5) is 28.3. The van der Waals surface area contributed by atoms with Crippen LogP contribution in [0.15, 0.2) is 205 Å². The number of pyridine rings is 1. The van der Waals surface area contributed by atoms with Crippen molar-refractivity contribution in [2.45, 2.75) is 0 Å². The topological polar surface area (TPSA) is 79.6 Å². The van der Waals surface area contributed by atoms with E-state index in [4.69, 9.17) is 0 Å². The molecule has 271 valence electrons. The molecule has 0 saturated heterocycles. The van der Waals surface area contributed by atoms with E-state index in [-0.39, 0.29) is 60.7 Å². The molecule has 0 aliphatic carbocycles. The first-order chi connectivity index (χ1) is 26.4. The molecular formula is C47H37EuN2O4P. The van der Waals surface area contributed by atoms with Gasteiger partial charge in [-0.1, -0.05) is 140 Å². The number of ketones is 1. The van der Waals surface area contributed by atoms with Gasteiger partial charge in [0.15, 0.2) is 7.14 Å². The van der Waals surface area contributed by atoms with Crippen LogP contribution >= 0.6 is 7.14 Å². The third kappa shape index (κ3) is 8.27. The van der Waals surface area contributed by atoms with E-state index in [2.05, 4.69) is 4.90 Å². The number of rotatable bonds is 8. The molecule has 0 atom stereocenters. The van der Waals surface area contributed by atoms with Gasteiger partial charge in [0.2, 0.25) is 5.78 Å². The number of carbonyl (C=O) groups is 1. The Bertz CT molecular complexity index is 2480. The molecule has 0 amide bonds. The van der Waals surface area contributed by atoms with E-state index in [0.717, 1.165) is 33.0 Å². The number of nitrogens with zero attached hydrogens (tertiary/aromatic N) is 2. The number of carbonyl (C=O) groups excluding carboxylic acids is 1. The smallest absolute Gasteiger partial charge is 0.265 e. The quantitative estimate of drug-likeness (QED) is 0.122. The monoisotopic (exact) mass is 877 g/mol. The molecule has 0 aliphatic rings. The van der Waals surface area contributed by atoms with Crippen molar-refractivity contribution in [3.05, 3.63) is 222 Å². The Hall–Kier alpha value is -5.17. The van der Waals surface area contributed by atoms with Crippen LogP contribution in [-0.4, -0.2) is 15.5 Å². The number of para-hydroxylation sites is 3. The van der Waals surface area contributed by atoms with Crippen molar-refractivity contribution in [1.82, 2.24) is 4.57 Å². The number of aromatic nitrogens is 1. The molecule has 0 spiro atoms. The van der Waals surface area contributed by atoms with Gasteiger partial charge in [-0.15, -0.1) is 0 Å². The van der Waals surface area contributed by atoms with E-state index >= 15 is 0 Å². The van der Waals surface area contributed by atoms with Gasteiger partial charge in [0, 0.05) is 100 Å². The van der Waals surface area contributed by atoms with Crippen molar-refractivity contribution < 1.29 is 63.8 Å². The van der Waals surface area contributed by atoms with E-state index in [1.807, 2.05) is 164 Å². The molecule has 0 aliphatic heterocycles. The molecule has 8 heteroatoms. The van der Waals surface area contributed by atoms with Gasteiger partial charge in [-0.3, -0.25) is 9.59 Å². The van der Waals surface area contributed by atoms with Crippen molar-refractivity contribution in [1.29, 1.82) is 0 Å². The third-order valence-corrected chi connectivity index (χ3v) is 12.4. The van der Waals surface area contributed by atoms with E-state index in [0.29, 0.717) is 16.5 Å². The molecule has 0 unspecified atom stereocenters. The van der Waals surface area contributed by atoms with Gasteiger partial charge in [0.1, 0.15) is 11.3 Å². The second-order valence-electron chi connectivity index (χ2n) is 12.6. The first kappa shape index (κ1) is 39.5. The molecule has 8 rings (SSSR count). The summed E-state index contributed by atoms with van der Waals surface area (Å²) in [5.74, 6) is -0.802. The van der Waals surface area contributed by atoms with Crippen LogP contribution in [0.4, 0.5) is 17.1 Å². The molecule has 7 aromatic carbocycles. The molecule has 6 nitrogen and oxygen atoms in total. The first-order valence-corrected chi connectivity index (χ1v) is 19.2. The SMILES string of the molecule is Cn1c(=O)c(C(=O)c2ccc(N(c3ccccc3)c3ccccc3)cc2)c(O)c2ccccc21.O=P(c1ccccc1)(c1ccccc1)c1ccccc1.[Eu]. The van der Waals surface area contributed by atoms with E-state index in [1.54, 1.807) is 43.4 Å².